The Kier molecular flexibility index (Phi) is 12.0. The highest BCUT2D eigenvalue weighted by Crippen LogP contribution is 2.11. The van der Waals surface area contributed by atoms with Crippen LogP contribution in [0.5, 0.6) is 0 Å². The maximum Gasteiger partial charge on any atom is 0.330 e. The molecule has 0 aliphatic carbocycles. The summed E-state index contributed by atoms with van der Waals surface area (Å²) in [5.74, 6) is -0.418. The van der Waals surface area contributed by atoms with Gasteiger partial charge in [-0.3, -0.25) is 0 Å². The van der Waals surface area contributed by atoms with Crippen LogP contribution in [-0.2, 0) is 9.53 Å². The largest absolute Gasteiger partial charge is 0.462 e. The second kappa shape index (κ2) is 12.6. The third-order valence-electron chi connectivity index (χ3n) is 3.00. The van der Waals surface area contributed by atoms with Gasteiger partial charge in [0, 0.05) is 12.5 Å². The predicted molar refractivity (Wildman–Crippen MR) is 74.4 cm³/mol. The smallest absolute Gasteiger partial charge is 0.330 e. The first kappa shape index (κ1) is 17.2. The Labute approximate surface area is 111 Å². The molecule has 0 aromatic rings. The van der Waals surface area contributed by atoms with Crippen molar-refractivity contribution >= 4 is 5.97 Å². The Morgan fingerprint density at radius 3 is 2.39 bits per heavy atom. The lowest BCUT2D eigenvalue weighted by Crippen LogP contribution is -2.12. The third-order valence-corrected chi connectivity index (χ3v) is 3.00. The van der Waals surface area contributed by atoms with Gasteiger partial charge >= 0.3 is 5.97 Å². The van der Waals surface area contributed by atoms with Gasteiger partial charge in [-0.15, -0.1) is 0 Å². The molecular formula is C15H28O3. The molecule has 0 saturated heterocycles. The molecule has 0 bridgehead atoms. The number of carbonyl (C=O) groups is 1. The number of carbonyl (C=O) groups excluding carboxylic acids is 1. The topological polar surface area (TPSA) is 46.5 Å². The Morgan fingerprint density at radius 1 is 1.17 bits per heavy atom. The summed E-state index contributed by atoms with van der Waals surface area (Å²) in [6.07, 6.45) is 10.9. The zero-order valence-corrected chi connectivity index (χ0v) is 11.7. The van der Waals surface area contributed by atoms with E-state index in [1.807, 2.05) is 0 Å². The van der Waals surface area contributed by atoms with Crippen molar-refractivity contribution in [3.05, 3.63) is 12.7 Å². The van der Waals surface area contributed by atoms with Crippen molar-refractivity contribution in [2.75, 3.05) is 6.61 Å². The van der Waals surface area contributed by atoms with E-state index >= 15 is 0 Å². The van der Waals surface area contributed by atoms with Gasteiger partial charge in [0.2, 0.25) is 0 Å². The van der Waals surface area contributed by atoms with E-state index in [9.17, 15) is 9.90 Å². The molecule has 0 amide bonds. The highest BCUT2D eigenvalue weighted by Gasteiger charge is 2.05. The van der Waals surface area contributed by atoms with E-state index in [1.54, 1.807) is 0 Å². The van der Waals surface area contributed by atoms with E-state index in [-0.39, 0.29) is 12.7 Å². The molecule has 0 aromatic heterocycles. The van der Waals surface area contributed by atoms with Crippen LogP contribution < -0.4 is 0 Å². The zero-order chi connectivity index (χ0) is 13.6. The number of ether oxygens (including phenoxy) is 1. The number of aliphatic hydroxyl groups is 1. The summed E-state index contributed by atoms with van der Waals surface area (Å²) >= 11 is 0. The maximum absolute atomic E-state index is 10.8. The molecular weight excluding hydrogens is 228 g/mol. The number of aliphatic hydroxyl groups excluding tert-OH is 1. The Balaban J connectivity index is 3.24. The van der Waals surface area contributed by atoms with Crippen LogP contribution in [0.1, 0.15) is 64.7 Å². The molecule has 0 fully saturated rings. The molecule has 106 valence electrons. The number of hydrogen-bond acceptors (Lipinski definition) is 3. The molecule has 1 unspecified atom stereocenters. The lowest BCUT2D eigenvalue weighted by atomic mass is 10.1. The van der Waals surface area contributed by atoms with Gasteiger partial charge in [0.15, 0.2) is 0 Å². The lowest BCUT2D eigenvalue weighted by Gasteiger charge is -2.10. The molecule has 0 aromatic carbocycles. The summed E-state index contributed by atoms with van der Waals surface area (Å²) < 4.78 is 4.82. The quantitative estimate of drug-likeness (QED) is 0.329. The van der Waals surface area contributed by atoms with Crippen LogP contribution in [-0.4, -0.2) is 23.8 Å². The van der Waals surface area contributed by atoms with Crippen molar-refractivity contribution in [2.24, 2.45) is 0 Å². The van der Waals surface area contributed by atoms with Gasteiger partial charge < -0.3 is 9.84 Å². The minimum atomic E-state index is -0.418. The van der Waals surface area contributed by atoms with Crippen LogP contribution >= 0.6 is 0 Å². The zero-order valence-electron chi connectivity index (χ0n) is 11.7. The maximum atomic E-state index is 10.8. The summed E-state index contributed by atoms with van der Waals surface area (Å²) in [5, 5.41) is 9.66. The molecule has 1 N–H and O–H groups in total. The monoisotopic (exact) mass is 256 g/mol. The fourth-order valence-corrected chi connectivity index (χ4v) is 1.84. The average molecular weight is 256 g/mol. The molecule has 0 radical (unpaired) electrons. The summed E-state index contributed by atoms with van der Waals surface area (Å²) in [7, 11) is 0. The van der Waals surface area contributed by atoms with E-state index in [2.05, 4.69) is 13.5 Å². The normalized spacial score (nSPS) is 12.1. The molecule has 0 saturated carbocycles. The first-order chi connectivity index (χ1) is 8.70. The van der Waals surface area contributed by atoms with Crippen LogP contribution in [0.4, 0.5) is 0 Å². The fourth-order valence-electron chi connectivity index (χ4n) is 1.84. The van der Waals surface area contributed by atoms with Crippen molar-refractivity contribution in [3.63, 3.8) is 0 Å². The van der Waals surface area contributed by atoms with Crippen molar-refractivity contribution in [2.45, 2.75) is 70.8 Å². The van der Waals surface area contributed by atoms with Gasteiger partial charge in [-0.1, -0.05) is 58.4 Å². The fraction of sp³-hybridized carbons (Fsp3) is 0.800. The van der Waals surface area contributed by atoms with Crippen LogP contribution in [0.25, 0.3) is 0 Å². The first-order valence-electron chi connectivity index (χ1n) is 7.18. The van der Waals surface area contributed by atoms with Crippen LogP contribution in [0, 0.1) is 0 Å². The van der Waals surface area contributed by atoms with Gasteiger partial charge in [-0.25, -0.2) is 4.79 Å². The summed E-state index contributed by atoms with van der Waals surface area (Å²) in [6.45, 7) is 5.81. The average Bonchev–Trinajstić information content (AvgIpc) is 2.37. The number of unbranched alkanes of at least 4 members (excludes halogenated alkanes) is 6. The van der Waals surface area contributed by atoms with Crippen molar-refractivity contribution in [1.29, 1.82) is 0 Å². The SMILES string of the molecule is C=CC(=O)OCCC(O)CCCCCCCCC. The van der Waals surface area contributed by atoms with Crippen molar-refractivity contribution < 1.29 is 14.6 Å². The summed E-state index contributed by atoms with van der Waals surface area (Å²) in [5.41, 5.74) is 0. The third kappa shape index (κ3) is 11.6. The first-order valence-corrected chi connectivity index (χ1v) is 7.18. The molecule has 18 heavy (non-hydrogen) atoms. The molecule has 0 heterocycles. The second-order valence-corrected chi connectivity index (χ2v) is 4.72. The molecule has 0 aliphatic heterocycles. The second-order valence-electron chi connectivity index (χ2n) is 4.72. The Hall–Kier alpha value is -0.830. The van der Waals surface area contributed by atoms with E-state index in [0.717, 1.165) is 18.9 Å². The molecule has 0 aliphatic rings. The van der Waals surface area contributed by atoms with Gasteiger partial charge in [0.05, 0.1) is 12.7 Å². The molecule has 3 heteroatoms. The summed E-state index contributed by atoms with van der Waals surface area (Å²) in [6, 6.07) is 0. The number of hydrogen-bond donors (Lipinski definition) is 1. The highest BCUT2D eigenvalue weighted by molar-refractivity contribution is 5.81. The molecule has 3 nitrogen and oxygen atoms in total. The minimum absolute atomic E-state index is 0.280. The summed E-state index contributed by atoms with van der Waals surface area (Å²) in [4.78, 5) is 10.8. The molecule has 0 rings (SSSR count). The Morgan fingerprint density at radius 2 is 1.78 bits per heavy atom. The Bertz CT molecular complexity index is 214. The van der Waals surface area contributed by atoms with Crippen molar-refractivity contribution in [1.82, 2.24) is 0 Å². The highest BCUT2D eigenvalue weighted by atomic mass is 16.5. The number of esters is 1. The van der Waals surface area contributed by atoms with Crippen LogP contribution in [0.15, 0.2) is 12.7 Å². The molecule has 1 atom stereocenters. The number of rotatable bonds is 12. The van der Waals surface area contributed by atoms with Gasteiger partial charge in [-0.2, -0.15) is 0 Å². The minimum Gasteiger partial charge on any atom is -0.462 e. The predicted octanol–water partition coefficient (Wildman–Crippen LogP) is 3.61. The van der Waals surface area contributed by atoms with Gasteiger partial charge in [-0.05, 0) is 6.42 Å². The van der Waals surface area contributed by atoms with E-state index in [1.165, 1.54) is 38.5 Å². The van der Waals surface area contributed by atoms with Crippen LogP contribution in [0.3, 0.4) is 0 Å². The van der Waals surface area contributed by atoms with Gasteiger partial charge in [0.1, 0.15) is 0 Å². The molecule has 0 spiro atoms. The van der Waals surface area contributed by atoms with Crippen molar-refractivity contribution in [3.8, 4) is 0 Å². The lowest BCUT2D eigenvalue weighted by molar-refractivity contribution is -0.138. The van der Waals surface area contributed by atoms with Crippen LogP contribution in [0.2, 0.25) is 0 Å². The van der Waals surface area contributed by atoms with Gasteiger partial charge in [0.25, 0.3) is 0 Å². The van der Waals surface area contributed by atoms with E-state index in [0.29, 0.717) is 6.42 Å². The van der Waals surface area contributed by atoms with E-state index < -0.39 is 5.97 Å². The van der Waals surface area contributed by atoms with E-state index in [4.69, 9.17) is 4.74 Å². The standard InChI is InChI=1S/C15H28O3/c1-3-5-6-7-8-9-10-11-14(16)12-13-18-15(17)4-2/h4,14,16H,2-3,5-13H2,1H3.